The molecule has 2 rings (SSSR count). The Labute approximate surface area is 175 Å². The molecule has 2 N–H and O–H groups in total. The first-order valence-corrected chi connectivity index (χ1v) is 11.0. The summed E-state index contributed by atoms with van der Waals surface area (Å²) in [5.74, 6) is 0.689. The van der Waals surface area contributed by atoms with Gasteiger partial charge in [0.2, 0.25) is 0 Å². The maximum Gasteiger partial charge on any atom is 0.271 e. The number of anilines is 1. The SMILES string of the molecule is COc1ccc([C@H](C)Nc2cnc(C(=O)N[C@H](C)/C=C/S(C)(=O)=O)cn2)c(Cl)c1. The lowest BCUT2D eigenvalue weighted by molar-refractivity contribution is 0.0941. The Morgan fingerprint density at radius 1 is 1.24 bits per heavy atom. The van der Waals surface area contributed by atoms with E-state index < -0.39 is 21.8 Å². The zero-order valence-corrected chi connectivity index (χ0v) is 18.1. The highest BCUT2D eigenvalue weighted by atomic mass is 35.5. The van der Waals surface area contributed by atoms with Gasteiger partial charge in [0.25, 0.3) is 5.91 Å². The Kier molecular flexibility index (Phi) is 7.58. The molecule has 0 aliphatic heterocycles. The molecule has 29 heavy (non-hydrogen) atoms. The molecule has 10 heteroatoms. The number of carbonyl (C=O) groups excluding carboxylic acids is 1. The Morgan fingerprint density at radius 3 is 2.52 bits per heavy atom. The van der Waals surface area contributed by atoms with Crippen LogP contribution in [0, 0.1) is 0 Å². The van der Waals surface area contributed by atoms with Gasteiger partial charge in [-0.05, 0) is 31.5 Å². The molecule has 1 amide bonds. The quantitative estimate of drug-likeness (QED) is 0.651. The molecule has 8 nitrogen and oxygen atoms in total. The Balaban J connectivity index is 2.01. The molecule has 2 aromatic rings. The van der Waals surface area contributed by atoms with Crippen molar-refractivity contribution in [2.45, 2.75) is 25.9 Å². The molecule has 1 aromatic heterocycles. The van der Waals surface area contributed by atoms with Gasteiger partial charge in [-0.3, -0.25) is 4.79 Å². The van der Waals surface area contributed by atoms with Crippen molar-refractivity contribution in [3.05, 3.63) is 58.4 Å². The van der Waals surface area contributed by atoms with E-state index in [1.807, 2.05) is 19.1 Å². The summed E-state index contributed by atoms with van der Waals surface area (Å²) >= 11 is 6.29. The highest BCUT2D eigenvalue weighted by Gasteiger charge is 2.13. The van der Waals surface area contributed by atoms with Crippen LogP contribution in [-0.4, -0.2) is 43.7 Å². The van der Waals surface area contributed by atoms with Gasteiger partial charge < -0.3 is 15.4 Å². The molecular formula is C19H23ClN4O4S. The minimum Gasteiger partial charge on any atom is -0.497 e. The maximum atomic E-state index is 12.2. The molecule has 0 aliphatic carbocycles. The highest BCUT2D eigenvalue weighted by Crippen LogP contribution is 2.28. The Bertz CT molecular complexity index is 994. The molecule has 0 bridgehead atoms. The molecule has 156 valence electrons. The summed E-state index contributed by atoms with van der Waals surface area (Å²) in [6, 6.07) is 4.78. The number of rotatable bonds is 8. The van der Waals surface area contributed by atoms with Crippen molar-refractivity contribution >= 4 is 33.2 Å². The van der Waals surface area contributed by atoms with E-state index in [9.17, 15) is 13.2 Å². The van der Waals surface area contributed by atoms with Crippen LogP contribution in [0.15, 0.2) is 42.1 Å². The zero-order chi connectivity index (χ0) is 21.6. The number of hydrogen-bond acceptors (Lipinski definition) is 7. The van der Waals surface area contributed by atoms with E-state index >= 15 is 0 Å². The third-order valence-corrected chi connectivity index (χ3v) is 4.88. The normalized spacial score (nSPS) is 13.7. The van der Waals surface area contributed by atoms with E-state index in [0.717, 1.165) is 17.2 Å². The van der Waals surface area contributed by atoms with Crippen LogP contribution in [-0.2, 0) is 9.84 Å². The first kappa shape index (κ1) is 22.6. The Morgan fingerprint density at radius 2 is 1.97 bits per heavy atom. The minimum absolute atomic E-state index is 0.116. The Hall–Kier alpha value is -2.65. The molecule has 2 atom stereocenters. The van der Waals surface area contributed by atoms with Gasteiger partial charge in [-0.1, -0.05) is 23.7 Å². The predicted octanol–water partition coefficient (Wildman–Crippen LogP) is 2.99. The zero-order valence-electron chi connectivity index (χ0n) is 16.5. The molecule has 0 unspecified atom stereocenters. The third kappa shape index (κ3) is 7.03. The van der Waals surface area contributed by atoms with Crippen LogP contribution in [0.1, 0.15) is 35.9 Å². The van der Waals surface area contributed by atoms with E-state index in [-0.39, 0.29) is 11.7 Å². The van der Waals surface area contributed by atoms with Gasteiger partial charge in [-0.25, -0.2) is 18.4 Å². The molecular weight excluding hydrogens is 416 g/mol. The lowest BCUT2D eigenvalue weighted by atomic mass is 10.1. The molecule has 1 heterocycles. The predicted molar refractivity (Wildman–Crippen MR) is 113 cm³/mol. The van der Waals surface area contributed by atoms with Crippen LogP contribution < -0.4 is 15.4 Å². The van der Waals surface area contributed by atoms with Gasteiger partial charge in [-0.15, -0.1) is 0 Å². The number of nitrogens with zero attached hydrogens (tertiary/aromatic N) is 2. The molecule has 0 saturated heterocycles. The summed E-state index contributed by atoms with van der Waals surface area (Å²) in [7, 11) is -1.68. The average Bonchev–Trinajstić information content (AvgIpc) is 2.66. The van der Waals surface area contributed by atoms with E-state index in [2.05, 4.69) is 20.6 Å². The van der Waals surface area contributed by atoms with Crippen LogP contribution in [0.3, 0.4) is 0 Å². The van der Waals surface area contributed by atoms with Crippen molar-refractivity contribution < 1.29 is 17.9 Å². The van der Waals surface area contributed by atoms with Crippen LogP contribution in [0.4, 0.5) is 5.82 Å². The molecule has 0 spiro atoms. The second-order valence-corrected chi connectivity index (χ2v) is 8.80. The molecule has 0 aliphatic rings. The van der Waals surface area contributed by atoms with Gasteiger partial charge in [0.1, 0.15) is 17.3 Å². The number of hydrogen-bond donors (Lipinski definition) is 2. The van der Waals surface area contributed by atoms with Crippen molar-refractivity contribution in [3.8, 4) is 5.75 Å². The number of ether oxygens (including phenoxy) is 1. The van der Waals surface area contributed by atoms with Gasteiger partial charge in [0.15, 0.2) is 9.84 Å². The number of amides is 1. The number of methoxy groups -OCH3 is 1. The van der Waals surface area contributed by atoms with Crippen LogP contribution >= 0.6 is 11.6 Å². The number of halogens is 1. The number of nitrogens with one attached hydrogen (secondary N) is 2. The fourth-order valence-corrected chi connectivity index (χ4v) is 3.25. The van der Waals surface area contributed by atoms with Gasteiger partial charge >= 0.3 is 0 Å². The smallest absolute Gasteiger partial charge is 0.271 e. The lowest BCUT2D eigenvalue weighted by Crippen LogP contribution is -2.32. The van der Waals surface area contributed by atoms with Gasteiger partial charge in [-0.2, -0.15) is 0 Å². The van der Waals surface area contributed by atoms with Gasteiger partial charge in [0, 0.05) is 22.7 Å². The van der Waals surface area contributed by atoms with Crippen LogP contribution in [0.25, 0.3) is 0 Å². The van der Waals surface area contributed by atoms with Crippen molar-refractivity contribution in [2.75, 3.05) is 18.7 Å². The fraction of sp³-hybridized carbons (Fsp3) is 0.316. The average molecular weight is 439 g/mol. The maximum absolute atomic E-state index is 12.2. The number of aromatic nitrogens is 2. The first-order chi connectivity index (χ1) is 13.6. The van der Waals surface area contributed by atoms with Crippen LogP contribution in [0.2, 0.25) is 5.02 Å². The topological polar surface area (TPSA) is 110 Å². The summed E-state index contributed by atoms with van der Waals surface area (Å²) in [6.45, 7) is 3.58. The summed E-state index contributed by atoms with van der Waals surface area (Å²) < 4.78 is 27.4. The number of sulfone groups is 1. The monoisotopic (exact) mass is 438 g/mol. The molecule has 0 saturated carbocycles. The molecule has 0 radical (unpaired) electrons. The summed E-state index contributed by atoms with van der Waals surface area (Å²) in [5.41, 5.74) is 0.980. The van der Waals surface area contributed by atoms with Crippen molar-refractivity contribution in [1.29, 1.82) is 0 Å². The summed E-state index contributed by atoms with van der Waals surface area (Å²) in [6.07, 6.45) is 5.25. The molecule has 1 aromatic carbocycles. The van der Waals surface area contributed by atoms with E-state index in [1.54, 1.807) is 20.1 Å². The van der Waals surface area contributed by atoms with Crippen molar-refractivity contribution in [1.82, 2.24) is 15.3 Å². The van der Waals surface area contributed by atoms with Gasteiger partial charge in [0.05, 0.1) is 25.5 Å². The van der Waals surface area contributed by atoms with Crippen molar-refractivity contribution in [3.63, 3.8) is 0 Å². The molecule has 0 fully saturated rings. The number of benzene rings is 1. The lowest BCUT2D eigenvalue weighted by Gasteiger charge is -2.17. The minimum atomic E-state index is -3.25. The third-order valence-electron chi connectivity index (χ3n) is 3.90. The van der Waals surface area contributed by atoms with Crippen LogP contribution in [0.5, 0.6) is 5.75 Å². The van der Waals surface area contributed by atoms with E-state index in [1.165, 1.54) is 18.5 Å². The standard InChI is InChI=1S/C19H23ClN4O4S/c1-12(7-8-29(4,26)27)23-19(25)17-10-22-18(11-21-17)24-13(2)15-6-5-14(28-3)9-16(15)20/h5-13H,1-4H3,(H,22,24)(H,23,25)/b8-7+/t12-,13+/m1/s1. The van der Waals surface area contributed by atoms with E-state index in [0.29, 0.717) is 16.6 Å². The number of carbonyl (C=O) groups is 1. The highest BCUT2D eigenvalue weighted by molar-refractivity contribution is 7.93. The fourth-order valence-electron chi connectivity index (χ4n) is 2.39. The summed E-state index contributed by atoms with van der Waals surface area (Å²) in [4.78, 5) is 20.5. The first-order valence-electron chi connectivity index (χ1n) is 8.70. The summed E-state index contributed by atoms with van der Waals surface area (Å²) in [5, 5.41) is 7.41. The largest absolute Gasteiger partial charge is 0.497 e. The van der Waals surface area contributed by atoms with Crippen molar-refractivity contribution in [2.24, 2.45) is 0 Å². The second-order valence-electron chi connectivity index (χ2n) is 6.46. The second kappa shape index (κ2) is 9.71. The van der Waals surface area contributed by atoms with E-state index in [4.69, 9.17) is 16.3 Å².